The van der Waals surface area contributed by atoms with Crippen molar-refractivity contribution in [3.63, 3.8) is 0 Å². The molecule has 0 spiro atoms. The third kappa shape index (κ3) is 2.88. The molecule has 1 N–H and O–H groups in total. The van der Waals surface area contributed by atoms with Crippen LogP contribution >= 0.6 is 0 Å². The van der Waals surface area contributed by atoms with Crippen LogP contribution in [0.4, 0.5) is 10.1 Å². The van der Waals surface area contributed by atoms with Gasteiger partial charge in [0.25, 0.3) is 5.91 Å². The van der Waals surface area contributed by atoms with E-state index in [1.54, 1.807) is 23.2 Å². The molecule has 1 amide bonds. The van der Waals surface area contributed by atoms with Gasteiger partial charge in [-0.2, -0.15) is 10.4 Å². The lowest BCUT2D eigenvalue weighted by Crippen LogP contribution is -2.49. The maximum Gasteiger partial charge on any atom is 0.272 e. The van der Waals surface area contributed by atoms with Crippen LogP contribution in [0.3, 0.4) is 0 Å². The number of anilines is 1. The number of hydrogen-bond donors (Lipinski definition) is 1. The minimum atomic E-state index is -0.409. The molecular formula is C16H16FN5O. The topological polar surface area (TPSA) is 76.0 Å². The van der Waals surface area contributed by atoms with Crippen molar-refractivity contribution in [2.24, 2.45) is 0 Å². The average Bonchev–Trinajstić information content (AvgIpc) is 3.00. The highest BCUT2D eigenvalue weighted by molar-refractivity contribution is 5.93. The van der Waals surface area contributed by atoms with Gasteiger partial charge in [-0.05, 0) is 30.7 Å². The van der Waals surface area contributed by atoms with Gasteiger partial charge in [0, 0.05) is 26.2 Å². The first kappa shape index (κ1) is 15.0. The fourth-order valence-corrected chi connectivity index (χ4v) is 2.70. The third-order valence-electron chi connectivity index (χ3n) is 4.03. The van der Waals surface area contributed by atoms with Crippen LogP contribution in [0.5, 0.6) is 0 Å². The number of nitrogens with zero attached hydrogens (tertiary/aromatic N) is 4. The van der Waals surface area contributed by atoms with E-state index in [-0.39, 0.29) is 5.91 Å². The standard InChI is InChI=1S/C16H16FN5O/c1-11-10-19-20-15(11)16(23)22-6-4-21(5-7-22)14-3-2-12(9-18)8-13(14)17/h2-3,8,10H,4-7H2,1H3,(H,19,20). The second-order valence-electron chi connectivity index (χ2n) is 5.49. The Hall–Kier alpha value is -2.88. The number of carbonyl (C=O) groups is 1. The summed E-state index contributed by atoms with van der Waals surface area (Å²) in [4.78, 5) is 16.0. The van der Waals surface area contributed by atoms with Crippen LogP contribution in [0.25, 0.3) is 0 Å². The number of H-pyrrole nitrogens is 1. The number of aromatic nitrogens is 2. The maximum absolute atomic E-state index is 14.1. The Morgan fingerprint density at radius 3 is 2.65 bits per heavy atom. The Morgan fingerprint density at radius 1 is 1.35 bits per heavy atom. The van der Waals surface area contributed by atoms with Crippen LogP contribution in [-0.2, 0) is 0 Å². The summed E-state index contributed by atoms with van der Waals surface area (Å²) >= 11 is 0. The van der Waals surface area contributed by atoms with Gasteiger partial charge >= 0.3 is 0 Å². The summed E-state index contributed by atoms with van der Waals surface area (Å²) < 4.78 is 14.1. The Balaban J connectivity index is 1.68. The monoisotopic (exact) mass is 313 g/mol. The van der Waals surface area contributed by atoms with E-state index in [1.807, 2.05) is 17.9 Å². The van der Waals surface area contributed by atoms with E-state index in [9.17, 15) is 9.18 Å². The summed E-state index contributed by atoms with van der Waals surface area (Å²) in [6.45, 7) is 3.94. The number of nitriles is 1. The number of aromatic amines is 1. The number of halogens is 1. The quantitative estimate of drug-likeness (QED) is 0.915. The molecule has 0 saturated carbocycles. The van der Waals surface area contributed by atoms with Gasteiger partial charge in [0.05, 0.1) is 23.5 Å². The molecule has 0 aliphatic carbocycles. The number of piperazine rings is 1. The van der Waals surface area contributed by atoms with E-state index < -0.39 is 5.82 Å². The van der Waals surface area contributed by atoms with Crippen molar-refractivity contribution in [1.29, 1.82) is 5.26 Å². The van der Waals surface area contributed by atoms with Crippen LogP contribution in [0.2, 0.25) is 0 Å². The number of carbonyl (C=O) groups excluding carboxylic acids is 1. The fraction of sp³-hybridized carbons (Fsp3) is 0.312. The zero-order valence-electron chi connectivity index (χ0n) is 12.7. The van der Waals surface area contributed by atoms with E-state index >= 15 is 0 Å². The Kier molecular flexibility index (Phi) is 3.98. The van der Waals surface area contributed by atoms with Crippen molar-refractivity contribution in [2.75, 3.05) is 31.1 Å². The molecule has 0 unspecified atom stereocenters. The fourth-order valence-electron chi connectivity index (χ4n) is 2.70. The molecule has 2 aromatic rings. The largest absolute Gasteiger partial charge is 0.366 e. The van der Waals surface area contributed by atoms with E-state index in [0.717, 1.165) is 5.56 Å². The summed E-state index contributed by atoms with van der Waals surface area (Å²) in [5.41, 5.74) is 2.09. The molecule has 7 heteroatoms. The van der Waals surface area contributed by atoms with Crippen LogP contribution in [0.1, 0.15) is 21.6 Å². The van der Waals surface area contributed by atoms with Gasteiger partial charge in [0.15, 0.2) is 0 Å². The van der Waals surface area contributed by atoms with Gasteiger partial charge in [-0.15, -0.1) is 0 Å². The molecule has 23 heavy (non-hydrogen) atoms. The molecule has 118 valence electrons. The van der Waals surface area contributed by atoms with Gasteiger partial charge in [-0.1, -0.05) is 0 Å². The van der Waals surface area contributed by atoms with Crippen molar-refractivity contribution in [2.45, 2.75) is 6.92 Å². The zero-order chi connectivity index (χ0) is 16.4. The lowest BCUT2D eigenvalue weighted by molar-refractivity contribution is 0.0740. The molecule has 6 nitrogen and oxygen atoms in total. The van der Waals surface area contributed by atoms with Crippen LogP contribution < -0.4 is 4.90 Å². The second kappa shape index (κ2) is 6.08. The van der Waals surface area contributed by atoms with E-state index in [1.165, 1.54) is 6.07 Å². The summed E-state index contributed by atoms with van der Waals surface area (Å²) in [7, 11) is 0. The molecule has 1 aliphatic rings. The highest BCUT2D eigenvalue weighted by Crippen LogP contribution is 2.22. The Bertz CT molecular complexity index is 771. The van der Waals surface area contributed by atoms with Gasteiger partial charge < -0.3 is 9.80 Å². The Labute approximate surface area is 133 Å². The van der Waals surface area contributed by atoms with Gasteiger partial charge in [-0.3, -0.25) is 9.89 Å². The van der Waals surface area contributed by atoms with E-state index in [0.29, 0.717) is 43.1 Å². The summed E-state index contributed by atoms with van der Waals surface area (Å²) in [5, 5.41) is 15.4. The highest BCUT2D eigenvalue weighted by atomic mass is 19.1. The second-order valence-corrected chi connectivity index (χ2v) is 5.49. The van der Waals surface area contributed by atoms with Crippen molar-refractivity contribution in [1.82, 2.24) is 15.1 Å². The average molecular weight is 313 g/mol. The number of hydrogen-bond acceptors (Lipinski definition) is 4. The van der Waals surface area contributed by atoms with Crippen molar-refractivity contribution >= 4 is 11.6 Å². The molecule has 2 heterocycles. The molecule has 0 bridgehead atoms. The van der Waals surface area contributed by atoms with Crippen LogP contribution in [-0.4, -0.2) is 47.2 Å². The lowest BCUT2D eigenvalue weighted by Gasteiger charge is -2.36. The Morgan fingerprint density at radius 2 is 2.09 bits per heavy atom. The van der Waals surface area contributed by atoms with E-state index in [2.05, 4.69) is 10.2 Å². The summed E-state index contributed by atoms with van der Waals surface area (Å²) in [6, 6.07) is 6.37. The SMILES string of the molecule is Cc1cn[nH]c1C(=O)N1CCN(c2ccc(C#N)cc2F)CC1. The third-order valence-corrected chi connectivity index (χ3v) is 4.03. The maximum atomic E-state index is 14.1. The molecule has 0 atom stereocenters. The summed E-state index contributed by atoms with van der Waals surface area (Å²) in [5.74, 6) is -0.492. The first-order valence-electron chi connectivity index (χ1n) is 7.34. The molecule has 0 radical (unpaired) electrons. The van der Waals surface area contributed by atoms with Gasteiger partial charge in [0.1, 0.15) is 11.5 Å². The molecule has 1 aromatic heterocycles. The normalized spacial score (nSPS) is 14.7. The number of benzene rings is 1. The molecule has 1 saturated heterocycles. The molecule has 3 rings (SSSR count). The first-order valence-corrected chi connectivity index (χ1v) is 7.34. The minimum Gasteiger partial charge on any atom is -0.366 e. The zero-order valence-corrected chi connectivity index (χ0v) is 12.7. The number of nitrogens with one attached hydrogen (secondary N) is 1. The van der Waals surface area contributed by atoms with E-state index in [4.69, 9.17) is 5.26 Å². The van der Waals surface area contributed by atoms with Crippen LogP contribution in [0, 0.1) is 24.1 Å². The highest BCUT2D eigenvalue weighted by Gasteiger charge is 2.25. The number of amides is 1. The number of aryl methyl sites for hydroxylation is 1. The van der Waals surface area contributed by atoms with Gasteiger partial charge in [0.2, 0.25) is 0 Å². The smallest absolute Gasteiger partial charge is 0.272 e. The van der Waals surface area contributed by atoms with Crippen molar-refractivity contribution in [3.05, 3.63) is 47.0 Å². The molecule has 1 fully saturated rings. The predicted octanol–water partition coefficient (Wildman–Crippen LogP) is 1.69. The first-order chi connectivity index (χ1) is 11.1. The molecular weight excluding hydrogens is 297 g/mol. The number of rotatable bonds is 2. The van der Waals surface area contributed by atoms with Gasteiger partial charge in [-0.25, -0.2) is 4.39 Å². The molecule has 1 aliphatic heterocycles. The lowest BCUT2D eigenvalue weighted by atomic mass is 10.1. The van der Waals surface area contributed by atoms with Crippen molar-refractivity contribution < 1.29 is 9.18 Å². The predicted molar refractivity (Wildman–Crippen MR) is 82.6 cm³/mol. The van der Waals surface area contributed by atoms with Crippen LogP contribution in [0.15, 0.2) is 24.4 Å². The minimum absolute atomic E-state index is 0.0834. The van der Waals surface area contributed by atoms with Crippen molar-refractivity contribution in [3.8, 4) is 6.07 Å². The molecule has 1 aromatic carbocycles. The summed E-state index contributed by atoms with van der Waals surface area (Å²) in [6.07, 6.45) is 1.62.